The van der Waals surface area contributed by atoms with Crippen LogP contribution in [0.5, 0.6) is 0 Å². The Morgan fingerprint density at radius 3 is 1.60 bits per heavy atom. The molecule has 24 nitrogen and oxygen atoms in total. The second-order valence-corrected chi connectivity index (χ2v) is 18.6. The first kappa shape index (κ1) is 65.2. The lowest BCUT2D eigenvalue weighted by atomic mass is 10.0. The fourth-order valence-corrected chi connectivity index (χ4v) is 5.22. The Morgan fingerprint density at radius 2 is 1.37 bits per heavy atom. The molecule has 0 saturated heterocycles. The number of aromatic amines is 5. The van der Waals surface area contributed by atoms with Crippen molar-refractivity contribution < 1.29 is 28.3 Å². The van der Waals surface area contributed by atoms with Crippen LogP contribution < -0.4 is 38.7 Å². The summed E-state index contributed by atoms with van der Waals surface area (Å²) in [6.07, 6.45) is 4.56. The van der Waals surface area contributed by atoms with E-state index >= 15 is 0 Å². The summed E-state index contributed by atoms with van der Waals surface area (Å²) in [5, 5.41) is 36.8. The Kier molecular flexibility index (Phi) is 32.9. The van der Waals surface area contributed by atoms with Crippen molar-refractivity contribution in [1.82, 2.24) is 59.8 Å². The van der Waals surface area contributed by atoms with Gasteiger partial charge in [-0.25, -0.2) is 10.3 Å². The Bertz CT molecular complexity index is 2530. The topological polar surface area (TPSA) is 370 Å². The number of nitrogens with zero attached hydrogens (tertiary/aromatic N) is 6. The fraction of sp³-hybridized carbons (Fsp3) is 0.568. The average Bonchev–Trinajstić information content (AvgIpc) is 4.16. The van der Waals surface area contributed by atoms with Gasteiger partial charge in [-0.05, 0) is 18.8 Å². The molecule has 6 heterocycles. The van der Waals surface area contributed by atoms with E-state index in [1.54, 1.807) is 46.9 Å². The van der Waals surface area contributed by atoms with Crippen molar-refractivity contribution in [3.05, 3.63) is 116 Å². The Hall–Kier alpha value is -6.85. The summed E-state index contributed by atoms with van der Waals surface area (Å²) in [5.41, 5.74) is 3.50. The van der Waals surface area contributed by atoms with Crippen LogP contribution in [0, 0.1) is 30.2 Å². The summed E-state index contributed by atoms with van der Waals surface area (Å²) in [6.45, 7) is 32.4. The largest absolute Gasteiger partial charge is 0.472 e. The number of carbonyl (C=O) groups excluding carboxylic acids is 2. The summed E-state index contributed by atoms with van der Waals surface area (Å²) in [6, 6.07) is 3.11. The molecule has 0 unspecified atom stereocenters. The van der Waals surface area contributed by atoms with Gasteiger partial charge in [0.05, 0.1) is 12.5 Å². The van der Waals surface area contributed by atoms with Crippen molar-refractivity contribution >= 4 is 35.1 Å². The maximum absolute atomic E-state index is 11.4. The first-order valence-corrected chi connectivity index (χ1v) is 23.6. The van der Waals surface area contributed by atoms with Gasteiger partial charge in [-0.15, -0.1) is 10.2 Å². The molecule has 0 bridgehead atoms. The van der Waals surface area contributed by atoms with Crippen LogP contribution in [0.2, 0.25) is 0 Å². The fourth-order valence-electron chi connectivity index (χ4n) is 3.91. The summed E-state index contributed by atoms with van der Waals surface area (Å²) < 4.78 is 23.1. The maximum atomic E-state index is 11.4. The van der Waals surface area contributed by atoms with Crippen molar-refractivity contribution in [2.24, 2.45) is 11.8 Å². The number of hydroxylamine groups is 1. The zero-order valence-corrected chi connectivity index (χ0v) is 44.6. The summed E-state index contributed by atoms with van der Waals surface area (Å²) in [4.78, 5) is 77.5. The molecule has 70 heavy (non-hydrogen) atoms. The molecule has 0 spiro atoms. The van der Waals surface area contributed by atoms with E-state index < -0.39 is 5.76 Å². The first-order valence-electron chi connectivity index (χ1n) is 22.0. The molecule has 6 rings (SSSR count). The van der Waals surface area contributed by atoms with Crippen LogP contribution in [-0.2, 0) is 9.59 Å². The van der Waals surface area contributed by atoms with Crippen LogP contribution in [0.15, 0.2) is 62.1 Å². The molecular weight excluding hydrogens is 951 g/mol. The molecule has 6 aromatic rings. The molecule has 0 atom stereocenters. The predicted molar refractivity (Wildman–Crippen MR) is 266 cm³/mol. The Morgan fingerprint density at radius 1 is 0.757 bits per heavy atom. The van der Waals surface area contributed by atoms with Crippen LogP contribution in [0.3, 0.4) is 0 Å². The minimum Gasteiger partial charge on any atom is -0.472 e. The summed E-state index contributed by atoms with van der Waals surface area (Å²) >= 11 is 2.53. The minimum absolute atomic E-state index is 0.0173. The molecule has 0 aliphatic rings. The standard InChI is InChI=1S/C9H12O2.C6H9NO2.C6H9NOS.C5H8N2O2.C5H8N2OS.C5H8N2O.C4H8N4.C4H9NO2/c1-6(2)8-5-11-4-7(3)9(8)10;2*1-4(2)5-3-6(8)7-9-5;1-3(2)4-6-5(8)9-7-4;1-3(2)4-5(8)7-9-6-4;1-4(2)5(8)7-3-6;1-3(2)4-5-7-8-6-4;1-3(2)4(6)5-7/h4-6H,1-3H3;2*3-4H,1-2H3,(H,7,8);3H,1-2H3,(H,6,7,8);3H,1-2H3,(H,7,8);4H,1-2H3,(H,7,8);3H,1-2H3,(H,5,6,7,8);3,7H,1-2H3,(H,5,6). The predicted octanol–water partition coefficient (Wildman–Crippen LogP) is 6.87. The molecule has 0 aliphatic heterocycles. The molecule has 0 aromatic carbocycles. The van der Waals surface area contributed by atoms with E-state index in [0.717, 1.165) is 28.0 Å². The van der Waals surface area contributed by atoms with Crippen LogP contribution >= 0.6 is 23.3 Å². The monoisotopic (exact) mass is 1020 g/mol. The number of H-pyrrole nitrogens is 5. The molecule has 6 aromatic heterocycles. The van der Waals surface area contributed by atoms with Crippen LogP contribution in [-0.4, -0.2) is 66.1 Å². The van der Waals surface area contributed by atoms with Crippen LogP contribution in [0.25, 0.3) is 0 Å². The first-order chi connectivity index (χ1) is 32.6. The normalized spacial score (nSPS) is 10.1. The van der Waals surface area contributed by atoms with Crippen molar-refractivity contribution in [3.8, 4) is 6.19 Å². The molecule has 2 amide bonds. The van der Waals surface area contributed by atoms with Gasteiger partial charge in [-0.2, -0.15) is 20.0 Å². The third-order valence-electron chi connectivity index (χ3n) is 8.19. The highest BCUT2D eigenvalue weighted by Crippen LogP contribution is 2.14. The van der Waals surface area contributed by atoms with E-state index in [1.165, 1.54) is 35.6 Å². The number of aryl methyl sites for hydroxylation is 1. The van der Waals surface area contributed by atoms with Gasteiger partial charge in [-0.3, -0.25) is 57.5 Å². The summed E-state index contributed by atoms with van der Waals surface area (Å²) in [5.74, 6) is 2.59. The molecule has 0 saturated carbocycles. The number of hydrogen-bond donors (Lipinski definition) is 8. The number of amides is 2. The number of rotatable bonds is 8. The lowest BCUT2D eigenvalue weighted by molar-refractivity contribution is -0.132. The van der Waals surface area contributed by atoms with Gasteiger partial charge in [0.1, 0.15) is 11.5 Å². The molecule has 0 fully saturated rings. The lowest BCUT2D eigenvalue weighted by Crippen LogP contribution is -2.23. The van der Waals surface area contributed by atoms with E-state index in [1.807, 2.05) is 74.6 Å². The van der Waals surface area contributed by atoms with Gasteiger partial charge in [0.2, 0.25) is 11.8 Å². The maximum Gasteiger partial charge on any atom is 0.438 e. The van der Waals surface area contributed by atoms with Gasteiger partial charge < -0.3 is 8.94 Å². The number of tetrazole rings is 1. The molecule has 26 heteroatoms. The lowest BCUT2D eigenvalue weighted by Gasteiger charge is -2.02. The summed E-state index contributed by atoms with van der Waals surface area (Å²) in [7, 11) is 0. The highest BCUT2D eigenvalue weighted by Gasteiger charge is 2.08. The van der Waals surface area contributed by atoms with Crippen molar-refractivity contribution in [1.29, 1.82) is 5.26 Å². The number of aromatic nitrogens is 10. The number of nitriles is 1. The number of nitrogens with one attached hydrogen (secondary N) is 7. The highest BCUT2D eigenvalue weighted by molar-refractivity contribution is 7.05. The smallest absolute Gasteiger partial charge is 0.438 e. The minimum atomic E-state index is -0.487. The number of hydrogen-bond acceptors (Lipinski definition) is 19. The molecule has 390 valence electrons. The zero-order valence-electron chi connectivity index (χ0n) is 43.0. The van der Waals surface area contributed by atoms with Crippen LogP contribution in [0.1, 0.15) is 185 Å². The Labute approximate surface area is 413 Å². The van der Waals surface area contributed by atoms with Gasteiger partial charge in [0.25, 0.3) is 16.7 Å². The van der Waals surface area contributed by atoms with Gasteiger partial charge in [0.15, 0.2) is 23.3 Å². The van der Waals surface area contributed by atoms with Crippen LogP contribution in [0.4, 0.5) is 0 Å². The second-order valence-electron chi connectivity index (χ2n) is 17.1. The SMILES string of the molecule is CC(C)C(=O)NC#N.CC(C)C(=O)NO.CC(C)c1cc(=O)[nH]o1.CC(C)c1cc(=O)[nH]s1.CC(C)c1nn[nH]n1.CC(C)c1noc(=O)[nH]1.CC(C)c1ns[nH]c1=O.Cc1cocc(C(C)C)c1=O. The average molecular weight is 1020 g/mol. The van der Waals surface area contributed by atoms with E-state index in [-0.39, 0.29) is 69.4 Å². The molecule has 0 aliphatic carbocycles. The number of carbonyl (C=O) groups is 2. The van der Waals surface area contributed by atoms with E-state index in [4.69, 9.17) is 19.4 Å². The van der Waals surface area contributed by atoms with Gasteiger partial charge in [-0.1, -0.05) is 133 Å². The molecule has 8 N–H and O–H groups in total. The quantitative estimate of drug-likeness (QED) is 0.0333. The molecule has 0 radical (unpaired) electrons. The van der Waals surface area contributed by atoms with Gasteiger partial charge in [0, 0.05) is 75.4 Å². The van der Waals surface area contributed by atoms with Gasteiger partial charge >= 0.3 is 5.76 Å². The Balaban J connectivity index is 0. The van der Waals surface area contributed by atoms with Crippen molar-refractivity contribution in [2.75, 3.05) is 0 Å². The van der Waals surface area contributed by atoms with E-state index in [0.29, 0.717) is 34.7 Å². The third-order valence-corrected chi connectivity index (χ3v) is 9.88. The third kappa shape index (κ3) is 28.5. The van der Waals surface area contributed by atoms with E-state index in [2.05, 4.69) is 67.4 Å². The zero-order chi connectivity index (χ0) is 54.3. The van der Waals surface area contributed by atoms with E-state index in [9.17, 15) is 33.6 Å². The highest BCUT2D eigenvalue weighted by atomic mass is 32.1. The van der Waals surface area contributed by atoms with Crippen molar-refractivity contribution in [2.45, 2.75) is 153 Å². The van der Waals surface area contributed by atoms with Crippen molar-refractivity contribution in [3.63, 3.8) is 0 Å². The molecular formula is C44H71N13O11S2. The second kappa shape index (κ2) is 35.3.